The number of thioether (sulfide) groups is 1. The minimum Gasteiger partial charge on any atom is -0.469 e. The number of rotatable bonds is 4. The fraction of sp³-hybridized carbons (Fsp3) is 0.278. The van der Waals surface area contributed by atoms with Crippen molar-refractivity contribution in [2.45, 2.75) is 36.8 Å². The van der Waals surface area contributed by atoms with Gasteiger partial charge >= 0.3 is 5.97 Å². The lowest BCUT2D eigenvalue weighted by Crippen LogP contribution is -2.11. The van der Waals surface area contributed by atoms with E-state index >= 15 is 0 Å². The second-order valence-electron chi connectivity index (χ2n) is 5.96. The Morgan fingerprint density at radius 1 is 1.20 bits per heavy atom. The number of carbonyl (C=O) groups is 1. The van der Waals surface area contributed by atoms with Gasteiger partial charge in [0.1, 0.15) is 17.1 Å². The summed E-state index contributed by atoms with van der Waals surface area (Å²) in [4.78, 5) is 12.0. The monoisotopic (exact) mass is 355 g/mol. The lowest BCUT2D eigenvalue weighted by molar-refractivity contribution is -0.140. The number of hydrogen-bond donors (Lipinski definition) is 0. The van der Waals surface area contributed by atoms with Crippen molar-refractivity contribution >= 4 is 17.7 Å². The summed E-state index contributed by atoms with van der Waals surface area (Å²) in [6.45, 7) is 3.79. The van der Waals surface area contributed by atoms with Crippen LogP contribution in [0.25, 0.3) is 17.1 Å². The molecule has 3 aromatic rings. The molecule has 0 N–H and O–H groups in total. The van der Waals surface area contributed by atoms with E-state index < -0.39 is 0 Å². The first-order valence-corrected chi connectivity index (χ1v) is 8.94. The van der Waals surface area contributed by atoms with Gasteiger partial charge in [-0.25, -0.2) is 0 Å². The summed E-state index contributed by atoms with van der Waals surface area (Å²) < 4.78 is 12.6. The van der Waals surface area contributed by atoms with Crippen molar-refractivity contribution in [1.82, 2.24) is 14.8 Å². The highest BCUT2D eigenvalue weighted by atomic mass is 32.2. The highest BCUT2D eigenvalue weighted by molar-refractivity contribution is 8.00. The van der Waals surface area contributed by atoms with E-state index in [9.17, 15) is 4.79 Å². The van der Waals surface area contributed by atoms with Crippen LogP contribution in [0.2, 0.25) is 0 Å². The Morgan fingerprint density at radius 3 is 2.64 bits per heavy atom. The molecule has 0 saturated carbocycles. The van der Waals surface area contributed by atoms with Crippen LogP contribution in [0.1, 0.15) is 19.1 Å². The van der Waals surface area contributed by atoms with Gasteiger partial charge in [0.15, 0.2) is 11.0 Å². The highest BCUT2D eigenvalue weighted by Gasteiger charge is 2.34. The molecule has 3 heterocycles. The Bertz CT molecular complexity index is 903. The summed E-state index contributed by atoms with van der Waals surface area (Å²) in [5.74, 6) is 1.27. The number of aromatic nitrogens is 3. The van der Waals surface area contributed by atoms with Crippen molar-refractivity contribution in [3.63, 3.8) is 0 Å². The van der Waals surface area contributed by atoms with Gasteiger partial charge < -0.3 is 9.15 Å². The molecule has 1 aliphatic rings. The SMILES string of the molecule is Cc1occc1-c1nnc(S[C@H]2C[C@H](C)OC2=O)n1-c1ccccc1. The zero-order valence-electron chi connectivity index (χ0n) is 13.9. The van der Waals surface area contributed by atoms with Crippen LogP contribution in [0.4, 0.5) is 0 Å². The maximum Gasteiger partial charge on any atom is 0.319 e. The minimum absolute atomic E-state index is 0.0614. The molecular weight excluding hydrogens is 338 g/mol. The summed E-state index contributed by atoms with van der Waals surface area (Å²) >= 11 is 1.39. The molecule has 2 atom stereocenters. The van der Waals surface area contributed by atoms with Gasteiger partial charge in [-0.15, -0.1) is 10.2 Å². The highest BCUT2D eigenvalue weighted by Crippen LogP contribution is 2.35. The second kappa shape index (κ2) is 6.40. The summed E-state index contributed by atoms with van der Waals surface area (Å²) in [6.07, 6.45) is 2.25. The number of esters is 1. The summed E-state index contributed by atoms with van der Waals surface area (Å²) in [5, 5.41) is 9.10. The third kappa shape index (κ3) is 2.95. The molecule has 0 aliphatic carbocycles. The Hall–Kier alpha value is -2.54. The second-order valence-corrected chi connectivity index (χ2v) is 7.13. The molecule has 0 bridgehead atoms. The van der Waals surface area contributed by atoms with Gasteiger partial charge in [-0.2, -0.15) is 0 Å². The molecule has 2 aromatic heterocycles. The zero-order valence-corrected chi connectivity index (χ0v) is 14.7. The van der Waals surface area contributed by atoms with Crippen molar-refractivity contribution in [2.24, 2.45) is 0 Å². The van der Waals surface area contributed by atoms with Crippen LogP contribution in [-0.2, 0) is 9.53 Å². The van der Waals surface area contributed by atoms with Crippen LogP contribution in [0.3, 0.4) is 0 Å². The number of benzene rings is 1. The Morgan fingerprint density at radius 2 is 2.00 bits per heavy atom. The summed E-state index contributed by atoms with van der Waals surface area (Å²) in [6, 6.07) is 11.7. The van der Waals surface area contributed by atoms with Gasteiger partial charge in [-0.1, -0.05) is 30.0 Å². The molecule has 25 heavy (non-hydrogen) atoms. The molecule has 1 saturated heterocycles. The zero-order chi connectivity index (χ0) is 17.4. The first-order chi connectivity index (χ1) is 12.1. The Labute approximate surface area is 149 Å². The van der Waals surface area contributed by atoms with E-state index in [1.165, 1.54) is 11.8 Å². The predicted molar refractivity (Wildman–Crippen MR) is 93.6 cm³/mol. The first kappa shape index (κ1) is 16.0. The number of furan rings is 1. The van der Waals surface area contributed by atoms with Crippen molar-refractivity contribution in [2.75, 3.05) is 0 Å². The maximum absolute atomic E-state index is 12.0. The molecule has 1 fully saturated rings. The van der Waals surface area contributed by atoms with Gasteiger partial charge in [0, 0.05) is 12.1 Å². The number of cyclic esters (lactones) is 1. The molecule has 4 rings (SSSR count). The predicted octanol–water partition coefficient (Wildman–Crippen LogP) is 3.63. The van der Waals surface area contributed by atoms with E-state index in [1.54, 1.807) is 6.26 Å². The average Bonchev–Trinajstić information content (AvgIpc) is 3.28. The fourth-order valence-corrected chi connectivity index (χ4v) is 4.05. The summed E-state index contributed by atoms with van der Waals surface area (Å²) in [7, 11) is 0. The van der Waals surface area contributed by atoms with Crippen LogP contribution in [0, 0.1) is 6.92 Å². The molecule has 7 heteroatoms. The normalized spacial score (nSPS) is 20.0. The van der Waals surface area contributed by atoms with Crippen molar-refractivity contribution < 1.29 is 13.9 Å². The van der Waals surface area contributed by atoms with Gasteiger partial charge in [0.05, 0.1) is 11.8 Å². The molecule has 0 unspecified atom stereocenters. The molecule has 0 amide bonds. The van der Waals surface area contributed by atoms with E-state index in [2.05, 4.69) is 10.2 Å². The number of para-hydroxylation sites is 1. The molecule has 6 nitrogen and oxygen atoms in total. The Balaban J connectivity index is 1.79. The molecule has 0 radical (unpaired) electrons. The topological polar surface area (TPSA) is 70.2 Å². The van der Waals surface area contributed by atoms with Gasteiger partial charge in [-0.3, -0.25) is 9.36 Å². The number of nitrogens with zero attached hydrogens (tertiary/aromatic N) is 3. The van der Waals surface area contributed by atoms with E-state index in [0.29, 0.717) is 17.4 Å². The van der Waals surface area contributed by atoms with E-state index in [1.807, 2.05) is 54.8 Å². The van der Waals surface area contributed by atoms with E-state index in [0.717, 1.165) is 17.0 Å². The van der Waals surface area contributed by atoms with Crippen molar-refractivity contribution in [1.29, 1.82) is 0 Å². The van der Waals surface area contributed by atoms with E-state index in [-0.39, 0.29) is 17.3 Å². The molecule has 128 valence electrons. The molecule has 0 spiro atoms. The maximum atomic E-state index is 12.0. The van der Waals surface area contributed by atoms with Crippen molar-refractivity contribution in [3.8, 4) is 17.1 Å². The van der Waals surface area contributed by atoms with Gasteiger partial charge in [0.25, 0.3) is 0 Å². The number of ether oxygens (including phenoxy) is 1. The van der Waals surface area contributed by atoms with Crippen LogP contribution in [-0.4, -0.2) is 32.1 Å². The quantitative estimate of drug-likeness (QED) is 0.666. The summed E-state index contributed by atoms with van der Waals surface area (Å²) in [5.41, 5.74) is 1.82. The lowest BCUT2D eigenvalue weighted by Gasteiger charge is -2.11. The lowest BCUT2D eigenvalue weighted by atomic mass is 10.2. The smallest absolute Gasteiger partial charge is 0.319 e. The van der Waals surface area contributed by atoms with Crippen LogP contribution >= 0.6 is 11.8 Å². The number of carbonyl (C=O) groups excluding carboxylic acids is 1. The van der Waals surface area contributed by atoms with Crippen molar-refractivity contribution in [3.05, 3.63) is 48.4 Å². The number of aryl methyl sites for hydroxylation is 1. The van der Waals surface area contributed by atoms with Gasteiger partial charge in [-0.05, 0) is 32.0 Å². The van der Waals surface area contributed by atoms with E-state index in [4.69, 9.17) is 9.15 Å². The third-order valence-corrected chi connectivity index (χ3v) is 5.27. The standard InChI is InChI=1S/C18H17N3O3S/c1-11-10-15(17(22)24-11)25-18-20-19-16(14-8-9-23-12(14)2)21(18)13-6-4-3-5-7-13/h3-9,11,15H,10H2,1-2H3/t11-,15-/m0/s1. The van der Waals surface area contributed by atoms with Crippen LogP contribution < -0.4 is 0 Å². The largest absolute Gasteiger partial charge is 0.469 e. The minimum atomic E-state index is -0.264. The van der Waals surface area contributed by atoms with Gasteiger partial charge in [0.2, 0.25) is 0 Å². The molecule has 1 aromatic carbocycles. The molecule has 1 aliphatic heterocycles. The van der Waals surface area contributed by atoms with Crippen LogP contribution in [0.5, 0.6) is 0 Å². The molecular formula is C18H17N3O3S. The number of hydrogen-bond acceptors (Lipinski definition) is 6. The Kier molecular flexibility index (Phi) is 4.09. The first-order valence-electron chi connectivity index (χ1n) is 8.06. The van der Waals surface area contributed by atoms with Crippen LogP contribution in [0.15, 0.2) is 52.2 Å². The fourth-order valence-electron chi connectivity index (χ4n) is 2.89. The average molecular weight is 355 g/mol. The third-order valence-electron chi connectivity index (χ3n) is 4.12.